The van der Waals surface area contributed by atoms with Crippen LogP contribution in [0.2, 0.25) is 0 Å². The van der Waals surface area contributed by atoms with Crippen LogP contribution in [0.15, 0.2) is 34.9 Å². The van der Waals surface area contributed by atoms with E-state index >= 15 is 0 Å². The lowest BCUT2D eigenvalue weighted by molar-refractivity contribution is -0.131. The third-order valence-corrected chi connectivity index (χ3v) is 5.00. The molecule has 2 saturated heterocycles. The molecule has 24 heavy (non-hydrogen) atoms. The molecule has 126 valence electrons. The van der Waals surface area contributed by atoms with Crippen LogP contribution in [-0.4, -0.2) is 39.7 Å². The van der Waals surface area contributed by atoms with Gasteiger partial charge in [-0.05, 0) is 25.7 Å². The highest BCUT2D eigenvalue weighted by atomic mass is 16.5. The zero-order valence-electron chi connectivity index (χ0n) is 13.6. The molecular weight excluding hydrogens is 306 g/mol. The summed E-state index contributed by atoms with van der Waals surface area (Å²) in [6.07, 6.45) is 4.39. The first kappa shape index (κ1) is 15.3. The lowest BCUT2D eigenvalue weighted by Crippen LogP contribution is -2.32. The highest BCUT2D eigenvalue weighted by molar-refractivity contribution is 5.76. The molecule has 0 bridgehead atoms. The second-order valence-corrected chi connectivity index (χ2v) is 6.58. The molecule has 0 unspecified atom stereocenters. The van der Waals surface area contributed by atoms with Crippen molar-refractivity contribution in [2.24, 2.45) is 0 Å². The summed E-state index contributed by atoms with van der Waals surface area (Å²) in [5.41, 5.74) is 0.821. The van der Waals surface area contributed by atoms with Gasteiger partial charge in [0.1, 0.15) is 0 Å². The summed E-state index contributed by atoms with van der Waals surface area (Å²) in [4.78, 5) is 18.7. The first-order valence-electron chi connectivity index (χ1n) is 8.54. The predicted molar refractivity (Wildman–Crippen MR) is 86.9 cm³/mol. The van der Waals surface area contributed by atoms with Crippen LogP contribution in [0.5, 0.6) is 0 Å². The van der Waals surface area contributed by atoms with Gasteiger partial charge in [0, 0.05) is 25.1 Å². The lowest BCUT2D eigenvalue weighted by atomic mass is 9.92. The van der Waals surface area contributed by atoms with Gasteiger partial charge in [-0.1, -0.05) is 35.5 Å². The van der Waals surface area contributed by atoms with Crippen LogP contribution >= 0.6 is 0 Å². The van der Waals surface area contributed by atoms with Gasteiger partial charge in [-0.3, -0.25) is 4.79 Å². The van der Waals surface area contributed by atoms with E-state index in [4.69, 9.17) is 9.26 Å². The van der Waals surface area contributed by atoms with Crippen LogP contribution in [0.4, 0.5) is 0 Å². The molecule has 6 heteroatoms. The number of carbonyl (C=O) groups is 1. The third kappa shape index (κ3) is 3.06. The Morgan fingerprint density at radius 1 is 1.17 bits per heavy atom. The summed E-state index contributed by atoms with van der Waals surface area (Å²) in [6.45, 7) is 1.87. The fourth-order valence-corrected chi connectivity index (χ4v) is 3.58. The number of likely N-dealkylation sites (tertiary alicyclic amines) is 1. The number of nitrogens with zero attached hydrogens (tertiary/aromatic N) is 3. The van der Waals surface area contributed by atoms with Crippen molar-refractivity contribution in [1.82, 2.24) is 15.0 Å². The zero-order chi connectivity index (χ0) is 16.4. The molecule has 0 aliphatic carbocycles. The van der Waals surface area contributed by atoms with Gasteiger partial charge in [-0.15, -0.1) is 0 Å². The monoisotopic (exact) mass is 327 g/mol. The highest BCUT2D eigenvalue weighted by Gasteiger charge is 2.38. The largest absolute Gasteiger partial charge is 0.375 e. The number of carbonyl (C=O) groups excluding carboxylic acids is 1. The van der Waals surface area contributed by atoms with Gasteiger partial charge in [0.2, 0.25) is 17.6 Å². The second kappa shape index (κ2) is 6.36. The maximum absolute atomic E-state index is 12.4. The van der Waals surface area contributed by atoms with Crippen molar-refractivity contribution in [3.63, 3.8) is 0 Å². The SMILES string of the molecule is O=C1CC[C@]2(CCCO2)CCN1Cc1nc(-c2ccccc2)no1. The molecule has 2 aromatic rings. The number of rotatable bonds is 3. The number of benzene rings is 1. The van der Waals surface area contributed by atoms with E-state index in [9.17, 15) is 4.79 Å². The molecule has 3 heterocycles. The van der Waals surface area contributed by atoms with E-state index in [-0.39, 0.29) is 11.5 Å². The molecule has 1 aromatic carbocycles. The molecule has 1 amide bonds. The van der Waals surface area contributed by atoms with E-state index in [0.717, 1.165) is 37.9 Å². The molecule has 1 atom stereocenters. The number of aromatic nitrogens is 2. The van der Waals surface area contributed by atoms with Crippen molar-refractivity contribution in [3.05, 3.63) is 36.2 Å². The number of amides is 1. The van der Waals surface area contributed by atoms with E-state index in [1.165, 1.54) is 0 Å². The van der Waals surface area contributed by atoms with Crippen LogP contribution in [0.25, 0.3) is 11.4 Å². The van der Waals surface area contributed by atoms with E-state index in [0.29, 0.717) is 31.2 Å². The molecule has 0 N–H and O–H groups in total. The summed E-state index contributed by atoms with van der Waals surface area (Å²) < 4.78 is 11.3. The lowest BCUT2D eigenvalue weighted by Gasteiger charge is -2.26. The van der Waals surface area contributed by atoms with Crippen molar-refractivity contribution < 1.29 is 14.1 Å². The van der Waals surface area contributed by atoms with E-state index in [1.807, 2.05) is 35.2 Å². The van der Waals surface area contributed by atoms with Gasteiger partial charge in [0.15, 0.2) is 0 Å². The molecule has 2 aliphatic heterocycles. The average molecular weight is 327 g/mol. The highest BCUT2D eigenvalue weighted by Crippen LogP contribution is 2.36. The molecule has 4 rings (SSSR count). The van der Waals surface area contributed by atoms with Gasteiger partial charge in [0.05, 0.1) is 12.1 Å². The normalized spacial score (nSPS) is 24.5. The first-order chi connectivity index (χ1) is 11.7. The van der Waals surface area contributed by atoms with Gasteiger partial charge >= 0.3 is 0 Å². The van der Waals surface area contributed by atoms with Crippen molar-refractivity contribution in [2.75, 3.05) is 13.2 Å². The van der Waals surface area contributed by atoms with E-state index < -0.39 is 0 Å². The summed E-state index contributed by atoms with van der Waals surface area (Å²) in [5.74, 6) is 1.18. The molecule has 6 nitrogen and oxygen atoms in total. The van der Waals surface area contributed by atoms with Gasteiger partial charge in [-0.25, -0.2) is 0 Å². The minimum Gasteiger partial charge on any atom is -0.375 e. The summed E-state index contributed by atoms with van der Waals surface area (Å²) in [6, 6.07) is 9.69. The van der Waals surface area contributed by atoms with Crippen molar-refractivity contribution >= 4 is 5.91 Å². The van der Waals surface area contributed by atoms with Crippen LogP contribution < -0.4 is 0 Å². The van der Waals surface area contributed by atoms with Crippen LogP contribution in [0.3, 0.4) is 0 Å². The van der Waals surface area contributed by atoms with Gasteiger partial charge in [-0.2, -0.15) is 4.98 Å². The number of ether oxygens (including phenoxy) is 1. The Morgan fingerprint density at radius 2 is 2.04 bits per heavy atom. The second-order valence-electron chi connectivity index (χ2n) is 6.58. The van der Waals surface area contributed by atoms with Gasteiger partial charge < -0.3 is 14.2 Å². The molecule has 1 aromatic heterocycles. The fourth-order valence-electron chi connectivity index (χ4n) is 3.58. The topological polar surface area (TPSA) is 68.5 Å². The molecule has 2 aliphatic rings. The zero-order valence-corrected chi connectivity index (χ0v) is 13.6. The Balaban J connectivity index is 1.45. The quantitative estimate of drug-likeness (QED) is 0.867. The molecular formula is C18H21N3O3. The molecule has 2 fully saturated rings. The predicted octanol–water partition coefficient (Wildman–Crippen LogP) is 2.80. The van der Waals surface area contributed by atoms with E-state index in [2.05, 4.69) is 10.1 Å². The fraction of sp³-hybridized carbons (Fsp3) is 0.500. The third-order valence-electron chi connectivity index (χ3n) is 5.00. The average Bonchev–Trinajstić information content (AvgIpc) is 3.24. The molecule has 0 radical (unpaired) electrons. The summed E-state index contributed by atoms with van der Waals surface area (Å²) in [7, 11) is 0. The maximum atomic E-state index is 12.4. The van der Waals surface area contributed by atoms with Crippen LogP contribution in [0.1, 0.15) is 38.0 Å². The Kier molecular flexibility index (Phi) is 4.06. The van der Waals surface area contributed by atoms with Crippen molar-refractivity contribution in [3.8, 4) is 11.4 Å². The number of hydrogen-bond donors (Lipinski definition) is 0. The Labute approximate surface area is 140 Å². The van der Waals surface area contributed by atoms with Gasteiger partial charge in [0.25, 0.3) is 0 Å². The minimum atomic E-state index is -0.0888. The number of hydrogen-bond acceptors (Lipinski definition) is 5. The van der Waals surface area contributed by atoms with Crippen molar-refractivity contribution in [1.29, 1.82) is 0 Å². The van der Waals surface area contributed by atoms with Crippen LogP contribution in [0, 0.1) is 0 Å². The Bertz CT molecular complexity index is 707. The maximum Gasteiger partial charge on any atom is 0.246 e. The smallest absolute Gasteiger partial charge is 0.246 e. The van der Waals surface area contributed by atoms with Crippen molar-refractivity contribution in [2.45, 2.75) is 44.2 Å². The Morgan fingerprint density at radius 3 is 2.83 bits per heavy atom. The molecule has 0 saturated carbocycles. The molecule has 1 spiro atoms. The van der Waals surface area contributed by atoms with Crippen LogP contribution in [-0.2, 0) is 16.1 Å². The Hall–Kier alpha value is -2.21. The minimum absolute atomic E-state index is 0.0888. The summed E-state index contributed by atoms with van der Waals surface area (Å²) in [5, 5.41) is 4.02. The first-order valence-corrected chi connectivity index (χ1v) is 8.54. The summed E-state index contributed by atoms with van der Waals surface area (Å²) >= 11 is 0. The standard InChI is InChI=1S/C18H21N3O3/c22-16-7-9-18(8-4-12-23-18)10-11-21(16)13-15-19-17(20-24-15)14-5-2-1-3-6-14/h1-3,5-6H,4,7-13H2/t18-/m1/s1. The van der Waals surface area contributed by atoms with E-state index in [1.54, 1.807) is 0 Å².